The van der Waals surface area contributed by atoms with Crippen LogP contribution in [0.15, 0.2) is 43.0 Å². The molecule has 1 nitrogen and oxygen atoms in total. The summed E-state index contributed by atoms with van der Waals surface area (Å²) in [6.45, 7) is 10.7. The van der Waals surface area contributed by atoms with Crippen molar-refractivity contribution in [2.24, 2.45) is 0 Å². The molecule has 0 saturated heterocycles. The molecular formula is C17H27N. The molecule has 1 rings (SSSR count). The Morgan fingerprint density at radius 1 is 1.17 bits per heavy atom. The van der Waals surface area contributed by atoms with E-state index in [9.17, 15) is 0 Å². The summed E-state index contributed by atoms with van der Waals surface area (Å²) < 4.78 is 0. The van der Waals surface area contributed by atoms with Crippen molar-refractivity contribution >= 4 is 0 Å². The highest BCUT2D eigenvalue weighted by Crippen LogP contribution is 2.20. The van der Waals surface area contributed by atoms with Gasteiger partial charge >= 0.3 is 0 Å². The van der Waals surface area contributed by atoms with Crippen LogP contribution in [0.3, 0.4) is 0 Å². The van der Waals surface area contributed by atoms with Gasteiger partial charge < -0.3 is 0 Å². The molecule has 18 heavy (non-hydrogen) atoms. The van der Waals surface area contributed by atoms with E-state index < -0.39 is 0 Å². The SMILES string of the molecule is C=CCCCN(CCCC)C(C)c1ccccc1. The second kappa shape index (κ2) is 8.93. The Balaban J connectivity index is 2.59. The number of nitrogens with zero attached hydrogens (tertiary/aromatic N) is 1. The smallest absolute Gasteiger partial charge is 0.0319 e. The molecule has 0 radical (unpaired) electrons. The lowest BCUT2D eigenvalue weighted by molar-refractivity contribution is 0.205. The van der Waals surface area contributed by atoms with Crippen LogP contribution in [0.25, 0.3) is 0 Å². The van der Waals surface area contributed by atoms with E-state index in [-0.39, 0.29) is 0 Å². The van der Waals surface area contributed by atoms with Crippen molar-refractivity contribution in [1.82, 2.24) is 4.90 Å². The van der Waals surface area contributed by atoms with E-state index in [0.29, 0.717) is 6.04 Å². The Morgan fingerprint density at radius 2 is 1.83 bits per heavy atom. The summed E-state index contributed by atoms with van der Waals surface area (Å²) in [6.07, 6.45) is 6.89. The summed E-state index contributed by atoms with van der Waals surface area (Å²) in [5, 5.41) is 0. The summed E-state index contributed by atoms with van der Waals surface area (Å²) in [6, 6.07) is 11.3. The molecule has 0 amide bonds. The molecule has 0 aliphatic rings. The first-order valence-electron chi connectivity index (χ1n) is 7.19. The summed E-state index contributed by atoms with van der Waals surface area (Å²) in [7, 11) is 0. The van der Waals surface area contributed by atoms with Crippen molar-refractivity contribution in [2.45, 2.75) is 45.6 Å². The van der Waals surface area contributed by atoms with E-state index in [1.54, 1.807) is 0 Å². The lowest BCUT2D eigenvalue weighted by Crippen LogP contribution is -2.29. The molecule has 0 fully saturated rings. The highest BCUT2D eigenvalue weighted by Gasteiger charge is 2.14. The lowest BCUT2D eigenvalue weighted by atomic mass is 10.1. The van der Waals surface area contributed by atoms with Crippen LogP contribution in [-0.2, 0) is 0 Å². The third kappa shape index (κ3) is 5.05. The fraction of sp³-hybridized carbons (Fsp3) is 0.529. The Bertz CT molecular complexity index is 318. The third-order valence-corrected chi connectivity index (χ3v) is 3.48. The van der Waals surface area contributed by atoms with Crippen molar-refractivity contribution < 1.29 is 0 Å². The van der Waals surface area contributed by atoms with E-state index in [2.05, 4.69) is 55.7 Å². The minimum Gasteiger partial charge on any atom is -0.297 e. The maximum Gasteiger partial charge on any atom is 0.0319 e. The van der Waals surface area contributed by atoms with Crippen molar-refractivity contribution in [3.05, 3.63) is 48.6 Å². The average molecular weight is 245 g/mol. The van der Waals surface area contributed by atoms with Crippen LogP contribution >= 0.6 is 0 Å². The van der Waals surface area contributed by atoms with Crippen LogP contribution < -0.4 is 0 Å². The molecule has 1 unspecified atom stereocenters. The van der Waals surface area contributed by atoms with E-state index in [1.165, 1.54) is 37.9 Å². The van der Waals surface area contributed by atoms with Crippen LogP contribution in [0.1, 0.15) is 51.1 Å². The molecule has 1 aromatic rings. The minimum atomic E-state index is 0.516. The molecule has 0 aliphatic heterocycles. The van der Waals surface area contributed by atoms with Crippen LogP contribution in [0.4, 0.5) is 0 Å². The molecule has 1 heteroatoms. The van der Waals surface area contributed by atoms with Gasteiger partial charge in [0.15, 0.2) is 0 Å². The zero-order valence-electron chi connectivity index (χ0n) is 11.9. The van der Waals surface area contributed by atoms with Crippen molar-refractivity contribution in [3.8, 4) is 0 Å². The normalized spacial score (nSPS) is 12.6. The predicted molar refractivity (Wildman–Crippen MR) is 80.8 cm³/mol. The lowest BCUT2D eigenvalue weighted by Gasteiger charge is -2.29. The molecule has 0 aromatic heterocycles. The highest BCUT2D eigenvalue weighted by molar-refractivity contribution is 5.18. The maximum atomic E-state index is 3.80. The van der Waals surface area contributed by atoms with Crippen molar-refractivity contribution in [2.75, 3.05) is 13.1 Å². The van der Waals surface area contributed by atoms with Crippen LogP contribution in [0.2, 0.25) is 0 Å². The first kappa shape index (κ1) is 15.0. The largest absolute Gasteiger partial charge is 0.297 e. The van der Waals surface area contributed by atoms with Crippen molar-refractivity contribution in [1.29, 1.82) is 0 Å². The van der Waals surface area contributed by atoms with Crippen LogP contribution in [0, 0.1) is 0 Å². The number of hydrogen-bond donors (Lipinski definition) is 0. The summed E-state index contributed by atoms with van der Waals surface area (Å²) >= 11 is 0. The molecule has 1 aromatic carbocycles. The molecule has 1 atom stereocenters. The van der Waals surface area contributed by atoms with Gasteiger partial charge in [0.1, 0.15) is 0 Å². The number of hydrogen-bond acceptors (Lipinski definition) is 1. The van der Waals surface area contributed by atoms with Gasteiger partial charge in [-0.1, -0.05) is 49.8 Å². The fourth-order valence-electron chi connectivity index (χ4n) is 2.24. The van der Waals surface area contributed by atoms with E-state index >= 15 is 0 Å². The van der Waals surface area contributed by atoms with Gasteiger partial charge in [0.25, 0.3) is 0 Å². The Morgan fingerprint density at radius 3 is 2.44 bits per heavy atom. The van der Waals surface area contributed by atoms with E-state index in [4.69, 9.17) is 0 Å². The maximum absolute atomic E-state index is 3.80. The minimum absolute atomic E-state index is 0.516. The Hall–Kier alpha value is -1.08. The van der Waals surface area contributed by atoms with Gasteiger partial charge in [0.05, 0.1) is 0 Å². The number of allylic oxidation sites excluding steroid dienone is 1. The number of benzene rings is 1. The predicted octanol–water partition coefficient (Wildman–Crippen LogP) is 4.82. The zero-order valence-corrected chi connectivity index (χ0v) is 11.9. The average Bonchev–Trinajstić information content (AvgIpc) is 2.43. The number of unbranched alkanes of at least 4 members (excludes halogenated alkanes) is 2. The zero-order chi connectivity index (χ0) is 13.2. The monoisotopic (exact) mass is 245 g/mol. The highest BCUT2D eigenvalue weighted by atomic mass is 15.1. The third-order valence-electron chi connectivity index (χ3n) is 3.48. The molecule has 0 N–H and O–H groups in total. The van der Waals surface area contributed by atoms with Gasteiger partial charge in [0.2, 0.25) is 0 Å². The van der Waals surface area contributed by atoms with Gasteiger partial charge in [-0.25, -0.2) is 0 Å². The molecular weight excluding hydrogens is 218 g/mol. The van der Waals surface area contributed by atoms with Gasteiger partial charge in [-0.2, -0.15) is 0 Å². The Kier molecular flexibility index (Phi) is 7.43. The summed E-state index contributed by atoms with van der Waals surface area (Å²) in [5.41, 5.74) is 1.42. The molecule has 0 aliphatic carbocycles. The van der Waals surface area contributed by atoms with Crippen molar-refractivity contribution in [3.63, 3.8) is 0 Å². The van der Waals surface area contributed by atoms with E-state index in [0.717, 1.165) is 6.42 Å². The fourth-order valence-corrected chi connectivity index (χ4v) is 2.24. The molecule has 0 saturated carbocycles. The summed E-state index contributed by atoms with van der Waals surface area (Å²) in [5.74, 6) is 0. The second-order valence-electron chi connectivity index (χ2n) is 4.91. The van der Waals surface area contributed by atoms with Crippen LogP contribution in [0.5, 0.6) is 0 Å². The van der Waals surface area contributed by atoms with Gasteiger partial charge in [-0.05, 0) is 44.8 Å². The van der Waals surface area contributed by atoms with Gasteiger partial charge in [-0.3, -0.25) is 4.90 Å². The topological polar surface area (TPSA) is 3.24 Å². The van der Waals surface area contributed by atoms with Gasteiger partial charge in [-0.15, -0.1) is 6.58 Å². The second-order valence-corrected chi connectivity index (χ2v) is 4.91. The van der Waals surface area contributed by atoms with Gasteiger partial charge in [0, 0.05) is 6.04 Å². The first-order valence-corrected chi connectivity index (χ1v) is 7.19. The van der Waals surface area contributed by atoms with Crippen LogP contribution in [-0.4, -0.2) is 18.0 Å². The standard InChI is InChI=1S/C17H27N/c1-4-6-11-15-18(14-7-5-2)16(3)17-12-9-8-10-13-17/h4,8-10,12-13,16H,1,5-7,11,14-15H2,2-3H3. The molecule has 0 bridgehead atoms. The van der Waals surface area contributed by atoms with E-state index in [1.807, 2.05) is 6.08 Å². The Labute approximate surface area is 113 Å². The number of rotatable bonds is 9. The summed E-state index contributed by atoms with van der Waals surface area (Å²) in [4.78, 5) is 2.60. The first-order chi connectivity index (χ1) is 8.79. The quantitative estimate of drug-likeness (QED) is 0.445. The molecule has 0 spiro atoms. The molecule has 0 heterocycles. The molecule has 100 valence electrons.